The van der Waals surface area contributed by atoms with Gasteiger partial charge in [-0.05, 0) is 77.8 Å². The fraction of sp³-hybridized carbons (Fsp3) is 0.240. The van der Waals surface area contributed by atoms with Gasteiger partial charge in [-0.25, -0.2) is 0 Å². The molecule has 0 bridgehead atoms. The van der Waals surface area contributed by atoms with Gasteiger partial charge >= 0.3 is 5.97 Å². The SMILES string of the molecule is COC(=O)CCCCC(C1=CC=CC1)=C(c1ccc(O)cc1)c1ccc(O)cc1. The van der Waals surface area contributed by atoms with Crippen molar-refractivity contribution in [2.24, 2.45) is 0 Å². The van der Waals surface area contributed by atoms with Crippen molar-refractivity contribution in [2.75, 3.05) is 7.11 Å². The van der Waals surface area contributed by atoms with Gasteiger partial charge < -0.3 is 14.9 Å². The lowest BCUT2D eigenvalue weighted by molar-refractivity contribution is -0.140. The van der Waals surface area contributed by atoms with E-state index in [4.69, 9.17) is 4.74 Å². The van der Waals surface area contributed by atoms with Crippen molar-refractivity contribution in [2.45, 2.75) is 32.1 Å². The number of hydrogen-bond acceptors (Lipinski definition) is 4. The number of phenols is 2. The smallest absolute Gasteiger partial charge is 0.305 e. The first kappa shape index (κ1) is 20.5. The van der Waals surface area contributed by atoms with Gasteiger partial charge in [-0.1, -0.05) is 42.5 Å². The zero-order valence-electron chi connectivity index (χ0n) is 16.6. The lowest BCUT2D eigenvalue weighted by atomic mass is 9.86. The Bertz CT molecular complexity index is 884. The third kappa shape index (κ3) is 5.38. The predicted molar refractivity (Wildman–Crippen MR) is 115 cm³/mol. The molecule has 0 saturated carbocycles. The summed E-state index contributed by atoms with van der Waals surface area (Å²) in [6.07, 6.45) is 10.1. The molecule has 0 atom stereocenters. The summed E-state index contributed by atoms with van der Waals surface area (Å²) in [5.74, 6) is 0.259. The second-order valence-electron chi connectivity index (χ2n) is 7.05. The first-order chi connectivity index (χ1) is 14.1. The van der Waals surface area contributed by atoms with Gasteiger partial charge in [0.1, 0.15) is 11.5 Å². The van der Waals surface area contributed by atoms with Gasteiger partial charge in [0.05, 0.1) is 7.11 Å². The van der Waals surface area contributed by atoms with Gasteiger partial charge in [-0.3, -0.25) is 4.79 Å². The van der Waals surface area contributed by atoms with Crippen LogP contribution < -0.4 is 0 Å². The number of benzene rings is 2. The van der Waals surface area contributed by atoms with E-state index < -0.39 is 0 Å². The maximum Gasteiger partial charge on any atom is 0.305 e. The van der Waals surface area contributed by atoms with Crippen molar-refractivity contribution in [3.63, 3.8) is 0 Å². The number of unbranched alkanes of at least 4 members (excludes halogenated alkanes) is 1. The summed E-state index contributed by atoms with van der Waals surface area (Å²) in [6.45, 7) is 0. The molecule has 2 aromatic rings. The third-order valence-corrected chi connectivity index (χ3v) is 5.06. The van der Waals surface area contributed by atoms with Crippen molar-refractivity contribution in [3.05, 3.63) is 89.0 Å². The molecular formula is C25H26O4. The fourth-order valence-electron chi connectivity index (χ4n) is 3.56. The Morgan fingerprint density at radius 1 is 0.897 bits per heavy atom. The van der Waals surface area contributed by atoms with E-state index >= 15 is 0 Å². The summed E-state index contributed by atoms with van der Waals surface area (Å²) in [7, 11) is 1.41. The Hall–Kier alpha value is -3.27. The number of phenolic OH excluding ortho intramolecular Hbond substituents is 2. The van der Waals surface area contributed by atoms with Crippen LogP contribution in [0.5, 0.6) is 11.5 Å². The standard InChI is InChI=1S/C25H26O4/c1-29-24(28)9-5-4-8-23(18-6-2-3-7-18)25(19-10-14-21(26)15-11-19)20-12-16-22(27)17-13-20/h2-3,6,10-17,26-27H,4-5,7-9H2,1H3. The molecule has 3 rings (SSSR count). The molecule has 2 N–H and O–H groups in total. The van der Waals surface area contributed by atoms with Gasteiger partial charge in [-0.2, -0.15) is 0 Å². The van der Waals surface area contributed by atoms with Crippen molar-refractivity contribution in [3.8, 4) is 11.5 Å². The van der Waals surface area contributed by atoms with Crippen molar-refractivity contribution in [1.82, 2.24) is 0 Å². The van der Waals surface area contributed by atoms with Crippen LogP contribution in [0.1, 0.15) is 43.2 Å². The van der Waals surface area contributed by atoms with Crippen molar-refractivity contribution in [1.29, 1.82) is 0 Å². The summed E-state index contributed by atoms with van der Waals surface area (Å²) >= 11 is 0. The molecule has 0 amide bonds. The number of methoxy groups -OCH3 is 1. The Morgan fingerprint density at radius 3 is 1.93 bits per heavy atom. The minimum absolute atomic E-state index is 0.186. The second kappa shape index (κ2) is 9.78. The van der Waals surface area contributed by atoms with Gasteiger partial charge in [0.15, 0.2) is 0 Å². The Balaban J connectivity index is 2.02. The number of carbonyl (C=O) groups excluding carboxylic acids is 1. The zero-order valence-corrected chi connectivity index (χ0v) is 16.6. The van der Waals surface area contributed by atoms with Crippen LogP contribution in [0.3, 0.4) is 0 Å². The number of ether oxygens (including phenoxy) is 1. The van der Waals surface area contributed by atoms with E-state index in [9.17, 15) is 15.0 Å². The zero-order chi connectivity index (χ0) is 20.6. The molecule has 0 unspecified atom stereocenters. The first-order valence-electron chi connectivity index (χ1n) is 9.83. The van der Waals surface area contributed by atoms with E-state index in [1.807, 2.05) is 24.3 Å². The number of hydrogen-bond donors (Lipinski definition) is 2. The topological polar surface area (TPSA) is 66.8 Å². The molecule has 29 heavy (non-hydrogen) atoms. The number of aromatic hydroxyl groups is 2. The van der Waals surface area contributed by atoms with Crippen LogP contribution in [-0.2, 0) is 9.53 Å². The van der Waals surface area contributed by atoms with Crippen LogP contribution >= 0.6 is 0 Å². The van der Waals surface area contributed by atoms with Crippen LogP contribution in [0.4, 0.5) is 0 Å². The van der Waals surface area contributed by atoms with Gasteiger partial charge in [0, 0.05) is 6.42 Å². The van der Waals surface area contributed by atoms with E-state index in [0.29, 0.717) is 6.42 Å². The van der Waals surface area contributed by atoms with Crippen molar-refractivity contribution >= 4 is 11.5 Å². The van der Waals surface area contributed by atoms with E-state index in [-0.39, 0.29) is 17.5 Å². The van der Waals surface area contributed by atoms with Crippen LogP contribution in [-0.4, -0.2) is 23.3 Å². The summed E-state index contributed by atoms with van der Waals surface area (Å²) in [5.41, 5.74) is 5.56. The summed E-state index contributed by atoms with van der Waals surface area (Å²) < 4.78 is 4.75. The molecule has 1 aliphatic carbocycles. The van der Waals surface area contributed by atoms with Crippen LogP contribution in [0, 0.1) is 0 Å². The van der Waals surface area contributed by atoms with E-state index in [1.54, 1.807) is 24.3 Å². The van der Waals surface area contributed by atoms with Crippen LogP contribution in [0.2, 0.25) is 0 Å². The number of esters is 1. The van der Waals surface area contributed by atoms with E-state index in [0.717, 1.165) is 42.4 Å². The minimum atomic E-state index is -0.186. The monoisotopic (exact) mass is 390 g/mol. The molecule has 2 aromatic carbocycles. The predicted octanol–water partition coefficient (Wildman–Crippen LogP) is 5.52. The maximum absolute atomic E-state index is 11.5. The minimum Gasteiger partial charge on any atom is -0.508 e. The molecular weight excluding hydrogens is 364 g/mol. The normalized spacial score (nSPS) is 12.5. The molecule has 4 nitrogen and oxygen atoms in total. The Labute approximate surface area is 171 Å². The molecule has 0 spiro atoms. The highest BCUT2D eigenvalue weighted by Crippen LogP contribution is 2.37. The average Bonchev–Trinajstić information content (AvgIpc) is 3.26. The molecule has 0 aromatic heterocycles. The Kier molecular flexibility index (Phi) is 6.90. The van der Waals surface area contributed by atoms with E-state index in [1.165, 1.54) is 18.3 Å². The molecule has 0 heterocycles. The maximum atomic E-state index is 11.5. The summed E-state index contributed by atoms with van der Waals surface area (Å²) in [5, 5.41) is 19.5. The Morgan fingerprint density at radius 2 is 1.45 bits per heavy atom. The number of rotatable bonds is 8. The highest BCUT2D eigenvalue weighted by molar-refractivity contribution is 5.85. The number of carbonyl (C=O) groups is 1. The molecule has 0 saturated heterocycles. The highest BCUT2D eigenvalue weighted by atomic mass is 16.5. The summed E-state index contributed by atoms with van der Waals surface area (Å²) in [4.78, 5) is 11.5. The van der Waals surface area contributed by atoms with Crippen molar-refractivity contribution < 1.29 is 19.7 Å². The van der Waals surface area contributed by atoms with E-state index in [2.05, 4.69) is 18.2 Å². The average molecular weight is 390 g/mol. The van der Waals surface area contributed by atoms with Gasteiger partial charge in [0.25, 0.3) is 0 Å². The lowest BCUT2D eigenvalue weighted by Gasteiger charge is -2.18. The van der Waals surface area contributed by atoms with Gasteiger partial charge in [0.2, 0.25) is 0 Å². The van der Waals surface area contributed by atoms with Crippen LogP contribution in [0.15, 0.2) is 77.9 Å². The first-order valence-corrected chi connectivity index (χ1v) is 9.83. The van der Waals surface area contributed by atoms with Crippen LogP contribution in [0.25, 0.3) is 5.57 Å². The highest BCUT2D eigenvalue weighted by Gasteiger charge is 2.17. The lowest BCUT2D eigenvalue weighted by Crippen LogP contribution is -2.01. The quantitative estimate of drug-likeness (QED) is 0.460. The molecule has 0 radical (unpaired) electrons. The fourth-order valence-corrected chi connectivity index (χ4v) is 3.56. The molecule has 150 valence electrons. The second-order valence-corrected chi connectivity index (χ2v) is 7.05. The third-order valence-electron chi connectivity index (χ3n) is 5.06. The largest absolute Gasteiger partial charge is 0.508 e. The summed E-state index contributed by atoms with van der Waals surface area (Å²) in [6, 6.07) is 14.4. The molecule has 1 aliphatic rings. The number of allylic oxidation sites excluding steroid dienone is 5. The molecule has 4 heteroatoms. The molecule has 0 fully saturated rings. The molecule has 0 aliphatic heterocycles. The van der Waals surface area contributed by atoms with Gasteiger partial charge in [-0.15, -0.1) is 0 Å².